The van der Waals surface area contributed by atoms with Crippen LogP contribution in [0.15, 0.2) is 11.2 Å². The summed E-state index contributed by atoms with van der Waals surface area (Å²) >= 11 is 0. The molecule has 0 aliphatic carbocycles. The summed E-state index contributed by atoms with van der Waals surface area (Å²) in [5.41, 5.74) is 4.45. The Hall–Kier alpha value is -1.60. The van der Waals surface area contributed by atoms with E-state index in [1.807, 2.05) is 13.2 Å². The topological polar surface area (TPSA) is 89.5 Å². The molecule has 0 aliphatic rings. The Labute approximate surface area is 107 Å². The minimum atomic E-state index is 0.536. The molecule has 1 aromatic rings. The van der Waals surface area contributed by atoms with Gasteiger partial charge in [0.1, 0.15) is 0 Å². The van der Waals surface area contributed by atoms with Crippen LogP contribution < -0.4 is 16.6 Å². The van der Waals surface area contributed by atoms with Crippen molar-refractivity contribution in [2.75, 3.05) is 25.6 Å². The van der Waals surface area contributed by atoms with Crippen LogP contribution in [0.25, 0.3) is 0 Å². The van der Waals surface area contributed by atoms with Gasteiger partial charge >= 0.3 is 0 Å². The summed E-state index contributed by atoms with van der Waals surface area (Å²) in [5.74, 6) is 5.97. The Kier molecular flexibility index (Phi) is 6.16. The lowest BCUT2D eigenvalue weighted by Crippen LogP contribution is -2.36. The Morgan fingerprint density at radius 1 is 1.61 bits per heavy atom. The molecular weight excluding hydrogens is 232 g/mol. The third-order valence-electron chi connectivity index (χ3n) is 2.41. The van der Waals surface area contributed by atoms with E-state index < -0.39 is 0 Å². The number of aliphatic imine (C=N–C) groups is 1. The zero-order valence-corrected chi connectivity index (χ0v) is 11.2. The van der Waals surface area contributed by atoms with E-state index in [1.54, 1.807) is 11.8 Å². The van der Waals surface area contributed by atoms with Crippen molar-refractivity contribution in [2.45, 2.75) is 19.8 Å². The number of ether oxygens (including phenoxy) is 1. The Balaban J connectivity index is 2.61. The predicted octanol–water partition coefficient (Wildman–Crippen LogP) is 0.250. The third-order valence-corrected chi connectivity index (χ3v) is 2.41. The molecule has 0 atom stereocenters. The molecule has 0 bridgehead atoms. The van der Waals surface area contributed by atoms with Crippen LogP contribution in [-0.4, -0.2) is 36.0 Å². The van der Waals surface area contributed by atoms with Crippen molar-refractivity contribution >= 4 is 11.6 Å². The quantitative estimate of drug-likeness (QED) is 0.223. The number of nitrogens with zero attached hydrogens (tertiary/aromatic N) is 3. The molecule has 1 heterocycles. The molecule has 7 heteroatoms. The van der Waals surface area contributed by atoms with Gasteiger partial charge < -0.3 is 10.1 Å². The molecule has 18 heavy (non-hydrogen) atoms. The van der Waals surface area contributed by atoms with Crippen LogP contribution in [0.3, 0.4) is 0 Å². The van der Waals surface area contributed by atoms with E-state index in [4.69, 9.17) is 10.6 Å². The first-order valence-corrected chi connectivity index (χ1v) is 6.00. The van der Waals surface area contributed by atoms with Gasteiger partial charge in [0.2, 0.25) is 5.96 Å². The second-order valence-electron chi connectivity index (χ2n) is 3.86. The molecule has 102 valence electrons. The number of hydrazine groups is 1. The summed E-state index contributed by atoms with van der Waals surface area (Å²) in [6, 6.07) is 0. The first-order valence-electron chi connectivity index (χ1n) is 6.00. The number of hydrogen-bond acceptors (Lipinski definition) is 4. The zero-order valence-electron chi connectivity index (χ0n) is 11.2. The van der Waals surface area contributed by atoms with E-state index in [2.05, 4.69) is 27.8 Å². The maximum absolute atomic E-state index is 5.43. The largest absolute Gasteiger partial charge is 0.385 e. The number of guanidine groups is 1. The van der Waals surface area contributed by atoms with Crippen LogP contribution in [0.4, 0.5) is 5.69 Å². The molecule has 0 aromatic carbocycles. The van der Waals surface area contributed by atoms with Crippen LogP contribution in [0.1, 0.15) is 19.0 Å². The van der Waals surface area contributed by atoms with Crippen molar-refractivity contribution in [3.8, 4) is 0 Å². The smallest absolute Gasteiger partial charge is 0.210 e. The minimum Gasteiger partial charge on any atom is -0.385 e. The molecule has 0 unspecified atom stereocenters. The second kappa shape index (κ2) is 7.67. The highest BCUT2D eigenvalue weighted by Gasteiger charge is 2.07. The van der Waals surface area contributed by atoms with Gasteiger partial charge in [0.05, 0.1) is 11.4 Å². The summed E-state index contributed by atoms with van der Waals surface area (Å²) in [6.07, 6.45) is 3.61. The molecule has 0 saturated heterocycles. The van der Waals surface area contributed by atoms with Crippen LogP contribution >= 0.6 is 0 Å². The highest BCUT2D eigenvalue weighted by molar-refractivity contribution is 5.93. The average Bonchev–Trinajstić information content (AvgIpc) is 2.73. The molecule has 0 amide bonds. The fourth-order valence-corrected chi connectivity index (χ4v) is 1.55. The van der Waals surface area contributed by atoms with Crippen molar-refractivity contribution in [3.05, 3.63) is 11.9 Å². The third kappa shape index (κ3) is 4.34. The van der Waals surface area contributed by atoms with Crippen LogP contribution in [0, 0.1) is 0 Å². The zero-order chi connectivity index (χ0) is 13.4. The Bertz CT molecular complexity index is 387. The van der Waals surface area contributed by atoms with Crippen LogP contribution in [0.2, 0.25) is 0 Å². The van der Waals surface area contributed by atoms with Gasteiger partial charge in [-0.2, -0.15) is 5.10 Å². The lowest BCUT2D eigenvalue weighted by molar-refractivity contribution is 0.197. The van der Waals surface area contributed by atoms with Crippen molar-refractivity contribution in [1.29, 1.82) is 0 Å². The maximum Gasteiger partial charge on any atom is 0.210 e. The number of hydrogen-bond donors (Lipinski definition) is 3. The van der Waals surface area contributed by atoms with Gasteiger partial charge in [-0.1, -0.05) is 6.92 Å². The van der Waals surface area contributed by atoms with E-state index in [0.717, 1.165) is 24.2 Å². The van der Waals surface area contributed by atoms with Gasteiger partial charge in [0.15, 0.2) is 0 Å². The second-order valence-corrected chi connectivity index (χ2v) is 3.86. The lowest BCUT2D eigenvalue weighted by Gasteiger charge is -2.08. The van der Waals surface area contributed by atoms with E-state index in [-0.39, 0.29) is 0 Å². The molecule has 0 fully saturated rings. The summed E-state index contributed by atoms with van der Waals surface area (Å²) in [7, 11) is 3.56. The average molecular weight is 254 g/mol. The van der Waals surface area contributed by atoms with Gasteiger partial charge in [-0.3, -0.25) is 15.1 Å². The number of nitrogens with one attached hydrogen (secondary N) is 2. The summed E-state index contributed by atoms with van der Waals surface area (Å²) < 4.78 is 6.72. The molecule has 1 rings (SSSR count). The number of aryl methyl sites for hydroxylation is 2. The predicted molar refractivity (Wildman–Crippen MR) is 72.3 cm³/mol. The first-order chi connectivity index (χ1) is 8.71. The number of aromatic nitrogens is 2. The fourth-order valence-electron chi connectivity index (χ4n) is 1.55. The molecule has 0 radical (unpaired) electrons. The summed E-state index contributed by atoms with van der Waals surface area (Å²) in [6.45, 7) is 3.40. The molecule has 0 spiro atoms. The van der Waals surface area contributed by atoms with Gasteiger partial charge in [-0.15, -0.1) is 0 Å². The number of anilines is 1. The molecule has 1 aromatic heterocycles. The monoisotopic (exact) mass is 254 g/mol. The first kappa shape index (κ1) is 14.5. The number of nitrogens with two attached hydrogens (primary N) is 1. The van der Waals surface area contributed by atoms with Crippen LogP contribution in [0.5, 0.6) is 0 Å². The molecule has 0 saturated carbocycles. The van der Waals surface area contributed by atoms with Gasteiger partial charge in [0, 0.05) is 33.5 Å². The SMILES string of the molecule is CCc1nn(C)cc1NC(=NCCCOC)NN. The van der Waals surface area contributed by atoms with Crippen molar-refractivity contribution in [2.24, 2.45) is 17.9 Å². The molecule has 4 N–H and O–H groups in total. The standard InChI is InChI=1S/C11H22N6O/c1-4-9-10(8-17(2)16-9)14-11(15-12)13-6-5-7-18-3/h8H,4-7,12H2,1-3H3,(H2,13,14,15). The number of rotatable bonds is 6. The normalized spacial score (nSPS) is 11.7. The van der Waals surface area contributed by atoms with E-state index in [9.17, 15) is 0 Å². The van der Waals surface area contributed by atoms with Gasteiger partial charge in [-0.05, 0) is 12.8 Å². The van der Waals surface area contributed by atoms with E-state index >= 15 is 0 Å². The number of methoxy groups -OCH3 is 1. The van der Waals surface area contributed by atoms with Crippen molar-refractivity contribution in [3.63, 3.8) is 0 Å². The van der Waals surface area contributed by atoms with Crippen molar-refractivity contribution < 1.29 is 4.74 Å². The van der Waals surface area contributed by atoms with Gasteiger partial charge in [0.25, 0.3) is 0 Å². The maximum atomic E-state index is 5.43. The molecular formula is C11H22N6O. The van der Waals surface area contributed by atoms with Crippen molar-refractivity contribution in [1.82, 2.24) is 15.2 Å². The van der Waals surface area contributed by atoms with Crippen LogP contribution in [-0.2, 0) is 18.2 Å². The van der Waals surface area contributed by atoms with E-state index in [1.165, 1.54) is 0 Å². The highest BCUT2D eigenvalue weighted by atomic mass is 16.5. The Morgan fingerprint density at radius 2 is 2.39 bits per heavy atom. The fraction of sp³-hybridized carbons (Fsp3) is 0.636. The Morgan fingerprint density at radius 3 is 3.00 bits per heavy atom. The molecule has 0 aliphatic heterocycles. The van der Waals surface area contributed by atoms with Gasteiger partial charge in [-0.25, -0.2) is 5.84 Å². The highest BCUT2D eigenvalue weighted by Crippen LogP contribution is 2.13. The summed E-state index contributed by atoms with van der Waals surface area (Å²) in [4.78, 5) is 4.31. The minimum absolute atomic E-state index is 0.536. The lowest BCUT2D eigenvalue weighted by atomic mass is 10.3. The summed E-state index contributed by atoms with van der Waals surface area (Å²) in [5, 5.41) is 7.47. The van der Waals surface area contributed by atoms with E-state index in [0.29, 0.717) is 19.1 Å². The molecule has 7 nitrogen and oxygen atoms in total.